The van der Waals surface area contributed by atoms with Crippen LogP contribution in [-0.4, -0.2) is 16.7 Å². The van der Waals surface area contributed by atoms with Crippen molar-refractivity contribution in [3.8, 4) is 5.75 Å². The maximum atomic E-state index is 11.9. The molecule has 3 heteroatoms. The monoisotopic (exact) mass is 254 g/mol. The van der Waals surface area contributed by atoms with Gasteiger partial charge in [0.1, 0.15) is 11.5 Å². The molecule has 0 bridgehead atoms. The van der Waals surface area contributed by atoms with Crippen LogP contribution >= 0.6 is 0 Å². The highest BCUT2D eigenvalue weighted by Crippen LogP contribution is 2.12. The number of benzene rings is 2. The molecule has 0 saturated carbocycles. The Hall–Kier alpha value is -2.42. The van der Waals surface area contributed by atoms with Crippen molar-refractivity contribution in [2.75, 3.05) is 0 Å². The molecule has 0 radical (unpaired) electrons. The first kappa shape index (κ1) is 13.0. The summed E-state index contributed by atoms with van der Waals surface area (Å²) in [6.45, 7) is 0. The third-order valence-electron chi connectivity index (χ3n) is 2.79. The summed E-state index contributed by atoms with van der Waals surface area (Å²) in [7, 11) is 0. The van der Waals surface area contributed by atoms with Gasteiger partial charge in [0.05, 0.1) is 6.42 Å². The Balaban J connectivity index is 1.95. The Kier molecular flexibility index (Phi) is 4.08. The Morgan fingerprint density at radius 2 is 1.53 bits per heavy atom. The number of hydrogen-bond donors (Lipinski definition) is 1. The molecule has 0 amide bonds. The fourth-order valence-electron chi connectivity index (χ4n) is 1.81. The van der Waals surface area contributed by atoms with E-state index in [-0.39, 0.29) is 30.2 Å². The molecule has 0 fully saturated rings. The van der Waals surface area contributed by atoms with Crippen LogP contribution in [0.15, 0.2) is 54.6 Å². The molecule has 0 atom stereocenters. The molecule has 1 N–H and O–H groups in total. The summed E-state index contributed by atoms with van der Waals surface area (Å²) in [5.74, 6) is -0.225. The van der Waals surface area contributed by atoms with Crippen LogP contribution in [0.2, 0.25) is 0 Å². The van der Waals surface area contributed by atoms with E-state index < -0.39 is 0 Å². The highest BCUT2D eigenvalue weighted by molar-refractivity contribution is 6.08. The summed E-state index contributed by atoms with van der Waals surface area (Å²) >= 11 is 0. The van der Waals surface area contributed by atoms with Gasteiger partial charge in [-0.1, -0.05) is 30.3 Å². The topological polar surface area (TPSA) is 54.4 Å². The highest BCUT2D eigenvalue weighted by Gasteiger charge is 2.12. The van der Waals surface area contributed by atoms with Crippen LogP contribution in [0.4, 0.5) is 0 Å². The van der Waals surface area contributed by atoms with Crippen molar-refractivity contribution in [1.82, 2.24) is 0 Å². The van der Waals surface area contributed by atoms with Crippen LogP contribution < -0.4 is 0 Å². The van der Waals surface area contributed by atoms with Crippen molar-refractivity contribution in [3.63, 3.8) is 0 Å². The first-order valence-electron chi connectivity index (χ1n) is 6.03. The van der Waals surface area contributed by atoms with E-state index in [0.717, 1.165) is 5.56 Å². The van der Waals surface area contributed by atoms with Crippen molar-refractivity contribution in [3.05, 3.63) is 65.7 Å². The fourth-order valence-corrected chi connectivity index (χ4v) is 1.81. The van der Waals surface area contributed by atoms with Gasteiger partial charge in [-0.05, 0) is 29.8 Å². The number of carbonyl (C=O) groups excluding carboxylic acids is 2. The maximum Gasteiger partial charge on any atom is 0.170 e. The normalized spacial score (nSPS) is 10.1. The standard InChI is InChI=1S/C16H14O3/c17-14-8-6-13(7-9-14)16(19)11-15(18)10-12-4-2-1-3-5-12/h1-9,17H,10-11H2. The molecular weight excluding hydrogens is 240 g/mol. The summed E-state index contributed by atoms with van der Waals surface area (Å²) in [6.07, 6.45) is 0.157. The summed E-state index contributed by atoms with van der Waals surface area (Å²) in [4.78, 5) is 23.6. The Bertz CT molecular complexity index is 571. The van der Waals surface area contributed by atoms with Crippen molar-refractivity contribution in [2.45, 2.75) is 12.8 Å². The molecule has 0 aliphatic carbocycles. The van der Waals surface area contributed by atoms with Gasteiger partial charge in [-0.2, -0.15) is 0 Å². The number of Topliss-reactive ketones (excluding diaryl/α,β-unsaturated/α-hetero) is 2. The third kappa shape index (κ3) is 3.78. The fraction of sp³-hybridized carbons (Fsp3) is 0.125. The second kappa shape index (κ2) is 5.96. The van der Waals surface area contributed by atoms with Crippen LogP contribution in [0.5, 0.6) is 5.75 Å². The lowest BCUT2D eigenvalue weighted by atomic mass is 10.0. The van der Waals surface area contributed by atoms with Crippen molar-refractivity contribution in [1.29, 1.82) is 0 Å². The van der Waals surface area contributed by atoms with Crippen LogP contribution in [0.3, 0.4) is 0 Å². The molecular formula is C16H14O3. The molecule has 0 spiro atoms. The predicted molar refractivity (Wildman–Crippen MR) is 72.2 cm³/mol. The number of phenols is 1. The number of carbonyl (C=O) groups is 2. The first-order valence-corrected chi connectivity index (χ1v) is 6.03. The van der Waals surface area contributed by atoms with E-state index >= 15 is 0 Å². The van der Waals surface area contributed by atoms with E-state index in [2.05, 4.69) is 0 Å². The lowest BCUT2D eigenvalue weighted by Gasteiger charge is -2.02. The largest absolute Gasteiger partial charge is 0.508 e. The third-order valence-corrected chi connectivity index (χ3v) is 2.79. The predicted octanol–water partition coefficient (Wildman–Crippen LogP) is 2.78. The average molecular weight is 254 g/mol. The summed E-state index contributed by atoms with van der Waals surface area (Å²) in [5, 5.41) is 9.14. The van der Waals surface area contributed by atoms with E-state index in [1.807, 2.05) is 30.3 Å². The minimum absolute atomic E-state index is 0.104. The van der Waals surface area contributed by atoms with Crippen LogP contribution in [-0.2, 0) is 11.2 Å². The number of ketones is 2. The zero-order valence-electron chi connectivity index (χ0n) is 10.4. The van der Waals surface area contributed by atoms with Crippen LogP contribution in [0, 0.1) is 0 Å². The average Bonchev–Trinajstić information content (AvgIpc) is 2.40. The SMILES string of the molecule is O=C(CC(=O)c1ccc(O)cc1)Cc1ccccc1. The zero-order valence-corrected chi connectivity index (χ0v) is 10.4. The van der Waals surface area contributed by atoms with Gasteiger partial charge in [-0.3, -0.25) is 9.59 Å². The Labute approximate surface area is 111 Å². The second-order valence-electron chi connectivity index (χ2n) is 4.35. The number of phenolic OH excluding ortho intramolecular Hbond substituents is 1. The van der Waals surface area contributed by atoms with Gasteiger partial charge < -0.3 is 5.11 Å². The first-order chi connectivity index (χ1) is 9.15. The van der Waals surface area contributed by atoms with Crippen LogP contribution in [0.25, 0.3) is 0 Å². The minimum atomic E-state index is -0.221. The molecule has 3 nitrogen and oxygen atoms in total. The molecule has 0 aliphatic rings. The highest BCUT2D eigenvalue weighted by atomic mass is 16.3. The lowest BCUT2D eigenvalue weighted by Crippen LogP contribution is -2.10. The Morgan fingerprint density at radius 1 is 0.895 bits per heavy atom. The maximum absolute atomic E-state index is 11.9. The van der Waals surface area contributed by atoms with E-state index in [1.54, 1.807) is 0 Å². The van der Waals surface area contributed by atoms with Gasteiger partial charge in [-0.15, -0.1) is 0 Å². The zero-order chi connectivity index (χ0) is 13.7. The van der Waals surface area contributed by atoms with Gasteiger partial charge in [-0.25, -0.2) is 0 Å². The Morgan fingerprint density at radius 3 is 2.16 bits per heavy atom. The van der Waals surface area contributed by atoms with Crippen molar-refractivity contribution < 1.29 is 14.7 Å². The molecule has 2 aromatic carbocycles. The van der Waals surface area contributed by atoms with Gasteiger partial charge in [0, 0.05) is 12.0 Å². The van der Waals surface area contributed by atoms with Crippen LogP contribution in [0.1, 0.15) is 22.3 Å². The smallest absolute Gasteiger partial charge is 0.170 e. The minimum Gasteiger partial charge on any atom is -0.508 e. The quantitative estimate of drug-likeness (QED) is 0.659. The number of aromatic hydroxyl groups is 1. The summed E-state index contributed by atoms with van der Waals surface area (Å²) in [5.41, 5.74) is 1.35. The summed E-state index contributed by atoms with van der Waals surface area (Å²) < 4.78 is 0. The molecule has 0 saturated heterocycles. The molecule has 0 aromatic heterocycles. The van der Waals surface area contributed by atoms with E-state index in [9.17, 15) is 9.59 Å². The molecule has 2 aromatic rings. The van der Waals surface area contributed by atoms with Crippen molar-refractivity contribution in [2.24, 2.45) is 0 Å². The molecule has 0 heterocycles. The van der Waals surface area contributed by atoms with Gasteiger partial charge in [0.2, 0.25) is 0 Å². The van der Waals surface area contributed by atoms with E-state index in [4.69, 9.17) is 5.11 Å². The van der Waals surface area contributed by atoms with E-state index in [1.165, 1.54) is 24.3 Å². The lowest BCUT2D eigenvalue weighted by molar-refractivity contribution is -0.117. The molecule has 2 rings (SSSR count). The molecule has 19 heavy (non-hydrogen) atoms. The summed E-state index contributed by atoms with van der Waals surface area (Å²) in [6, 6.07) is 15.3. The van der Waals surface area contributed by atoms with Gasteiger partial charge in [0.25, 0.3) is 0 Å². The second-order valence-corrected chi connectivity index (χ2v) is 4.35. The number of hydrogen-bond acceptors (Lipinski definition) is 3. The molecule has 0 aliphatic heterocycles. The molecule has 96 valence electrons. The van der Waals surface area contributed by atoms with Gasteiger partial charge in [0.15, 0.2) is 5.78 Å². The molecule has 0 unspecified atom stereocenters. The van der Waals surface area contributed by atoms with E-state index in [0.29, 0.717) is 5.56 Å². The van der Waals surface area contributed by atoms with Crippen molar-refractivity contribution >= 4 is 11.6 Å². The number of rotatable bonds is 5. The van der Waals surface area contributed by atoms with Gasteiger partial charge >= 0.3 is 0 Å².